The molecular formula is HN3O2SSi. The molecule has 0 saturated heterocycles. The van der Waals surface area contributed by atoms with E-state index in [4.69, 9.17) is 5.53 Å². The summed E-state index contributed by atoms with van der Waals surface area (Å²) in [5.74, 6) is 0. The Hall–Kier alpha value is -0.653. The monoisotopic (exact) mass is 135 g/mol. The minimum Gasteiger partial charge on any atom is -0.195 e. The first-order valence-electron chi connectivity index (χ1n) is 1.23. The first-order chi connectivity index (χ1) is 3.27. The molecule has 0 amide bonds. The topological polar surface area (TPSA) is 82.9 Å². The van der Waals surface area contributed by atoms with Gasteiger partial charge in [0.1, 0.15) is 0 Å². The summed E-state index contributed by atoms with van der Waals surface area (Å²) in [6.45, 7) is 0. The lowest BCUT2D eigenvalue weighted by molar-refractivity contribution is 0.628. The van der Waals surface area contributed by atoms with Crippen molar-refractivity contribution in [3.63, 3.8) is 0 Å². The highest BCUT2D eigenvalue weighted by Gasteiger charge is 1.60. The molecule has 0 heterocycles. The Kier molecular flexibility index (Phi) is 3.20. The number of rotatable bonds is 1. The fraction of sp³-hybridized carbons (Fsp3) is 0. The van der Waals surface area contributed by atoms with Gasteiger partial charge in [-0.15, -0.1) is 0 Å². The molecule has 38 valence electrons. The molecule has 5 nitrogen and oxygen atoms in total. The fourth-order valence-corrected chi connectivity index (χ4v) is 0.536. The highest BCUT2D eigenvalue weighted by atomic mass is 32.3. The van der Waals surface area contributed by atoms with Crippen LogP contribution in [0, 0.1) is 0 Å². The van der Waals surface area contributed by atoms with Crippen molar-refractivity contribution in [2.75, 3.05) is 0 Å². The van der Waals surface area contributed by atoms with E-state index in [0.29, 0.717) is 0 Å². The Bertz CT molecular complexity index is 199. The zero-order chi connectivity index (χ0) is 5.70. The molecule has 0 aromatic rings. The van der Waals surface area contributed by atoms with Crippen LogP contribution in [-0.2, 0) is 9.70 Å². The van der Waals surface area contributed by atoms with Gasteiger partial charge in [0, 0.05) is 4.91 Å². The number of azide groups is 1. The number of nitrogens with zero attached hydrogens (tertiary/aromatic N) is 3. The average molecular weight is 135 g/mol. The summed E-state index contributed by atoms with van der Waals surface area (Å²) < 4.78 is 21.9. The van der Waals surface area contributed by atoms with Gasteiger partial charge in [0.05, 0.1) is 0 Å². The van der Waals surface area contributed by atoms with Crippen LogP contribution in [0.5, 0.6) is 0 Å². The molecule has 0 aliphatic rings. The molecule has 0 aliphatic heterocycles. The minimum absolute atomic E-state index is 1.11. The second kappa shape index (κ2) is 3.53. The van der Waals surface area contributed by atoms with Crippen molar-refractivity contribution in [2.24, 2.45) is 4.78 Å². The van der Waals surface area contributed by atoms with Gasteiger partial charge in [0.25, 0.3) is 8.39 Å². The SMILES string of the molecule is [N-]=[N+]=N[SiH]=S(=O)=O. The van der Waals surface area contributed by atoms with E-state index in [-0.39, 0.29) is 0 Å². The van der Waals surface area contributed by atoms with E-state index in [0.717, 1.165) is 0 Å². The van der Waals surface area contributed by atoms with Gasteiger partial charge in [0.15, 0.2) is 9.70 Å². The highest BCUT2D eigenvalue weighted by Crippen LogP contribution is 1.52. The molecule has 0 fully saturated rings. The molecular weight excluding hydrogens is 134 g/mol. The molecule has 0 atom stereocenters. The lowest BCUT2D eigenvalue weighted by Gasteiger charge is -1.45. The molecule has 7 heavy (non-hydrogen) atoms. The van der Waals surface area contributed by atoms with Crippen molar-refractivity contribution < 1.29 is 8.42 Å². The van der Waals surface area contributed by atoms with Crippen LogP contribution in [0.3, 0.4) is 0 Å². The average Bonchev–Trinajstić information content (AvgIpc) is 1.61. The van der Waals surface area contributed by atoms with Crippen LogP contribution in [0.15, 0.2) is 4.78 Å². The first-order valence-corrected chi connectivity index (χ1v) is 4.30. The molecule has 0 saturated carbocycles. The van der Waals surface area contributed by atoms with E-state index in [1.807, 2.05) is 0 Å². The van der Waals surface area contributed by atoms with Crippen molar-refractivity contribution in [1.29, 1.82) is 0 Å². The predicted octanol–water partition coefficient (Wildman–Crippen LogP) is -0.558. The maximum absolute atomic E-state index is 9.53. The van der Waals surface area contributed by atoms with Crippen molar-refractivity contribution in [2.45, 2.75) is 0 Å². The molecule has 0 aromatic carbocycles. The molecule has 0 N–H and O–H groups in total. The third kappa shape index (κ3) is 5.35. The van der Waals surface area contributed by atoms with E-state index in [1.165, 1.54) is 0 Å². The van der Waals surface area contributed by atoms with Gasteiger partial charge in [-0.25, -0.2) is 0 Å². The van der Waals surface area contributed by atoms with Crippen molar-refractivity contribution >= 4 is 18.1 Å². The quantitative estimate of drug-likeness (QED) is 0.209. The zero-order valence-electron chi connectivity index (χ0n) is 3.14. The second-order valence-corrected chi connectivity index (χ2v) is 3.32. The maximum atomic E-state index is 9.53. The zero-order valence-corrected chi connectivity index (χ0v) is 5.11. The minimum atomic E-state index is -2.15. The van der Waals surface area contributed by atoms with Crippen molar-refractivity contribution in [1.82, 2.24) is 0 Å². The standard InChI is InChI=1S/HN3O2SSi/c1-2-3-7-6(4)5/h7H. The molecule has 0 unspecified atom stereocenters. The summed E-state index contributed by atoms with van der Waals surface area (Å²) >= 11 is 0. The number of hydrogen-bond donors (Lipinski definition) is 0. The number of hydrogen-bond acceptors (Lipinski definition) is 2. The summed E-state index contributed by atoms with van der Waals surface area (Å²) in [6, 6.07) is 0. The van der Waals surface area contributed by atoms with Crippen LogP contribution in [0.4, 0.5) is 0 Å². The van der Waals surface area contributed by atoms with Crippen LogP contribution in [0.25, 0.3) is 10.4 Å². The van der Waals surface area contributed by atoms with Crippen molar-refractivity contribution in [3.8, 4) is 0 Å². The van der Waals surface area contributed by atoms with Crippen LogP contribution in [0.1, 0.15) is 0 Å². The molecule has 7 heteroatoms. The Morgan fingerprint density at radius 1 is 1.71 bits per heavy atom. The van der Waals surface area contributed by atoms with Crippen LogP contribution >= 0.6 is 0 Å². The Morgan fingerprint density at radius 2 is 2.29 bits per heavy atom. The van der Waals surface area contributed by atoms with Gasteiger partial charge in [-0.1, -0.05) is 4.78 Å². The summed E-state index contributed by atoms with van der Waals surface area (Å²) in [6.07, 6.45) is 0. The lowest BCUT2D eigenvalue weighted by atomic mass is 13.0. The summed E-state index contributed by atoms with van der Waals surface area (Å²) in [5, 5.41) is 0. The first kappa shape index (κ1) is 6.35. The normalized spacial score (nSPS) is 6.29. The van der Waals surface area contributed by atoms with E-state index >= 15 is 0 Å². The third-order valence-electron chi connectivity index (χ3n) is 0.185. The molecule has 0 rings (SSSR count). The molecule has 0 spiro atoms. The molecule has 0 aliphatic carbocycles. The lowest BCUT2D eigenvalue weighted by Crippen LogP contribution is -1.63. The maximum Gasteiger partial charge on any atom is 0.256 e. The van der Waals surface area contributed by atoms with Gasteiger partial charge < -0.3 is 0 Å². The van der Waals surface area contributed by atoms with Crippen LogP contribution < -0.4 is 0 Å². The Morgan fingerprint density at radius 3 is 2.43 bits per heavy atom. The van der Waals surface area contributed by atoms with Crippen LogP contribution in [0.2, 0.25) is 0 Å². The molecule has 0 aromatic heterocycles. The summed E-state index contributed by atoms with van der Waals surface area (Å²) in [4.78, 5) is 2.24. The van der Waals surface area contributed by atoms with Gasteiger partial charge in [-0.3, -0.25) is 0 Å². The van der Waals surface area contributed by atoms with Gasteiger partial charge >= 0.3 is 0 Å². The third-order valence-corrected chi connectivity index (χ3v) is 1.35. The summed E-state index contributed by atoms with van der Waals surface area (Å²) in [5.41, 5.74) is 7.52. The summed E-state index contributed by atoms with van der Waals surface area (Å²) in [7, 11) is -3.26. The van der Waals surface area contributed by atoms with Gasteiger partial charge in [0.2, 0.25) is 0 Å². The van der Waals surface area contributed by atoms with Crippen molar-refractivity contribution in [3.05, 3.63) is 10.4 Å². The van der Waals surface area contributed by atoms with E-state index in [2.05, 4.69) is 9.69 Å². The smallest absolute Gasteiger partial charge is 0.195 e. The Balaban J connectivity index is 4.27. The van der Waals surface area contributed by atoms with Crippen LogP contribution in [-0.4, -0.2) is 16.8 Å². The largest absolute Gasteiger partial charge is 0.256 e. The molecule has 0 bridgehead atoms. The van der Waals surface area contributed by atoms with E-state index in [9.17, 15) is 8.42 Å². The van der Waals surface area contributed by atoms with E-state index in [1.54, 1.807) is 0 Å². The van der Waals surface area contributed by atoms with E-state index < -0.39 is 18.1 Å². The highest BCUT2D eigenvalue weighted by molar-refractivity contribution is 7.78. The molecule has 0 radical (unpaired) electrons. The Labute approximate surface area is 42.6 Å². The fourth-order valence-electron chi connectivity index (χ4n) is 0.0596. The predicted molar refractivity (Wildman–Crippen MR) is 25.2 cm³/mol. The van der Waals surface area contributed by atoms with Gasteiger partial charge in [-0.2, -0.15) is 8.42 Å². The van der Waals surface area contributed by atoms with Gasteiger partial charge in [-0.05, 0) is 5.53 Å². The second-order valence-electron chi connectivity index (χ2n) is 0.571.